The smallest absolute Gasteiger partial charge is 0.428 e. The fourth-order valence-electron chi connectivity index (χ4n) is 1.30. The van der Waals surface area contributed by atoms with E-state index in [-0.39, 0.29) is 0 Å². The minimum atomic E-state index is -2.27. The standard InChI is InChI=1S/C8H20O3Si.C3H10OSi/c1-5-9-12(8-4,10-6-2)11-7-3;1-2-3-4-5/h5-8H2,1-4H3;2-3H2,1,5H3. The molecular formula is C11H30O4Si2. The molecule has 17 heavy (non-hydrogen) atoms. The third kappa shape index (κ3) is 11.1. The van der Waals surface area contributed by atoms with E-state index in [0.717, 1.165) is 29.6 Å². The first-order chi connectivity index (χ1) is 8.16. The lowest BCUT2D eigenvalue weighted by Gasteiger charge is -2.26. The molecule has 0 radical (unpaired) electrons. The number of rotatable bonds is 9. The Morgan fingerprint density at radius 2 is 1.24 bits per heavy atom. The van der Waals surface area contributed by atoms with Gasteiger partial charge in [-0.25, -0.2) is 0 Å². The van der Waals surface area contributed by atoms with Crippen LogP contribution in [-0.2, 0) is 17.7 Å². The maximum atomic E-state index is 5.55. The van der Waals surface area contributed by atoms with Crippen LogP contribution in [0.1, 0.15) is 41.0 Å². The predicted molar refractivity (Wildman–Crippen MR) is 77.3 cm³/mol. The molecule has 0 fully saturated rings. The highest BCUT2D eigenvalue weighted by molar-refractivity contribution is 6.60. The zero-order valence-electron chi connectivity index (χ0n) is 12.4. The molecule has 0 atom stereocenters. The average molecular weight is 283 g/mol. The van der Waals surface area contributed by atoms with Crippen molar-refractivity contribution in [2.75, 3.05) is 26.4 Å². The van der Waals surface area contributed by atoms with Gasteiger partial charge in [-0.3, -0.25) is 0 Å². The minimum absolute atomic E-state index is 0.667. The highest BCUT2D eigenvalue weighted by atomic mass is 28.4. The van der Waals surface area contributed by atoms with E-state index in [1.165, 1.54) is 0 Å². The van der Waals surface area contributed by atoms with Crippen molar-refractivity contribution in [3.8, 4) is 0 Å². The van der Waals surface area contributed by atoms with Crippen LogP contribution in [-0.4, -0.2) is 45.7 Å². The minimum Gasteiger partial charge on any atom is -0.428 e. The lowest BCUT2D eigenvalue weighted by molar-refractivity contribution is 0.0725. The monoisotopic (exact) mass is 282 g/mol. The van der Waals surface area contributed by atoms with Crippen LogP contribution in [0, 0.1) is 0 Å². The Hall–Kier alpha value is 0.274. The van der Waals surface area contributed by atoms with E-state index in [0.29, 0.717) is 19.8 Å². The average Bonchev–Trinajstić information content (AvgIpc) is 2.32. The molecule has 0 spiro atoms. The highest BCUT2D eigenvalue weighted by Crippen LogP contribution is 2.14. The van der Waals surface area contributed by atoms with Crippen molar-refractivity contribution in [2.45, 2.75) is 47.1 Å². The molecule has 0 rings (SSSR count). The molecule has 0 aliphatic rings. The number of hydrogen-bond donors (Lipinski definition) is 0. The number of hydrogen-bond acceptors (Lipinski definition) is 4. The van der Waals surface area contributed by atoms with Gasteiger partial charge < -0.3 is 17.7 Å². The highest BCUT2D eigenvalue weighted by Gasteiger charge is 2.37. The molecule has 0 unspecified atom stereocenters. The Balaban J connectivity index is 0. The molecule has 0 aromatic rings. The van der Waals surface area contributed by atoms with E-state index in [2.05, 4.69) is 6.92 Å². The summed E-state index contributed by atoms with van der Waals surface area (Å²) >= 11 is 0. The molecular weight excluding hydrogens is 252 g/mol. The quantitative estimate of drug-likeness (QED) is 0.604. The molecule has 0 bridgehead atoms. The summed E-state index contributed by atoms with van der Waals surface area (Å²) in [5, 5.41) is 0. The fraction of sp³-hybridized carbons (Fsp3) is 1.00. The van der Waals surface area contributed by atoms with E-state index < -0.39 is 8.80 Å². The van der Waals surface area contributed by atoms with Crippen molar-refractivity contribution in [1.29, 1.82) is 0 Å². The van der Waals surface area contributed by atoms with Crippen LogP contribution in [0.5, 0.6) is 0 Å². The van der Waals surface area contributed by atoms with Gasteiger partial charge in [-0.1, -0.05) is 13.8 Å². The summed E-state index contributed by atoms with van der Waals surface area (Å²) in [6, 6.07) is 0.850. The van der Waals surface area contributed by atoms with Crippen LogP contribution in [0.4, 0.5) is 0 Å². The summed E-state index contributed by atoms with van der Waals surface area (Å²) in [6.07, 6.45) is 1.16. The second-order valence-electron chi connectivity index (χ2n) is 3.33. The zero-order chi connectivity index (χ0) is 13.6. The maximum absolute atomic E-state index is 5.55. The Bertz CT molecular complexity index is 128. The van der Waals surface area contributed by atoms with Crippen molar-refractivity contribution >= 4 is 19.3 Å². The van der Waals surface area contributed by atoms with E-state index in [4.69, 9.17) is 17.7 Å². The summed E-state index contributed by atoms with van der Waals surface area (Å²) in [4.78, 5) is 0. The summed E-state index contributed by atoms with van der Waals surface area (Å²) in [6.45, 7) is 13.0. The second-order valence-corrected chi connectivity index (χ2v) is 6.84. The molecule has 0 heterocycles. The van der Waals surface area contributed by atoms with Crippen LogP contribution in [0.3, 0.4) is 0 Å². The molecule has 0 aliphatic heterocycles. The molecule has 0 aliphatic carbocycles. The first kappa shape index (κ1) is 19.6. The van der Waals surface area contributed by atoms with E-state index in [1.807, 2.05) is 27.7 Å². The Morgan fingerprint density at radius 3 is 1.35 bits per heavy atom. The van der Waals surface area contributed by atoms with Crippen LogP contribution in [0.15, 0.2) is 0 Å². The Labute approximate surface area is 111 Å². The summed E-state index contributed by atoms with van der Waals surface area (Å²) in [5.41, 5.74) is 0. The van der Waals surface area contributed by atoms with Gasteiger partial charge in [0, 0.05) is 32.5 Å². The first-order valence-electron chi connectivity index (χ1n) is 6.56. The molecule has 4 nitrogen and oxygen atoms in total. The van der Waals surface area contributed by atoms with Gasteiger partial charge in [0.25, 0.3) is 0 Å². The van der Waals surface area contributed by atoms with Crippen molar-refractivity contribution in [3.63, 3.8) is 0 Å². The SMILES string of the molecule is CCCO[SiH3].CCO[Si](CC)(OCC)OCC. The largest absolute Gasteiger partial charge is 0.500 e. The molecule has 0 saturated carbocycles. The first-order valence-corrected chi connectivity index (χ1v) is 9.31. The van der Waals surface area contributed by atoms with Crippen LogP contribution >= 0.6 is 0 Å². The molecule has 106 valence electrons. The topological polar surface area (TPSA) is 36.9 Å². The molecule has 0 saturated heterocycles. The lowest BCUT2D eigenvalue weighted by Crippen LogP contribution is -2.45. The van der Waals surface area contributed by atoms with Crippen molar-refractivity contribution in [2.24, 2.45) is 0 Å². The second kappa shape index (κ2) is 14.3. The molecule has 0 amide bonds. The van der Waals surface area contributed by atoms with Gasteiger partial charge in [0.15, 0.2) is 0 Å². The van der Waals surface area contributed by atoms with Gasteiger partial charge in [-0.05, 0) is 27.2 Å². The maximum Gasteiger partial charge on any atom is 0.500 e. The van der Waals surface area contributed by atoms with Crippen LogP contribution in [0.2, 0.25) is 6.04 Å². The van der Waals surface area contributed by atoms with Crippen molar-refractivity contribution < 1.29 is 17.7 Å². The Kier molecular flexibility index (Phi) is 16.5. The van der Waals surface area contributed by atoms with Crippen molar-refractivity contribution in [3.05, 3.63) is 0 Å². The lowest BCUT2D eigenvalue weighted by atomic mass is 10.5. The fourth-order valence-corrected chi connectivity index (χ4v) is 3.89. The molecule has 0 N–H and O–H groups in total. The predicted octanol–water partition coefficient (Wildman–Crippen LogP) is 1.75. The van der Waals surface area contributed by atoms with E-state index in [9.17, 15) is 0 Å². The summed E-state index contributed by atoms with van der Waals surface area (Å²) < 4.78 is 21.5. The Morgan fingerprint density at radius 1 is 0.824 bits per heavy atom. The van der Waals surface area contributed by atoms with Gasteiger partial charge in [0.2, 0.25) is 0 Å². The zero-order valence-corrected chi connectivity index (χ0v) is 15.4. The summed E-state index contributed by atoms with van der Waals surface area (Å²) in [7, 11) is -1.37. The molecule has 0 aromatic carbocycles. The summed E-state index contributed by atoms with van der Waals surface area (Å²) in [5.74, 6) is 0. The molecule has 0 aromatic heterocycles. The van der Waals surface area contributed by atoms with Crippen molar-refractivity contribution in [1.82, 2.24) is 0 Å². The van der Waals surface area contributed by atoms with E-state index in [1.54, 1.807) is 0 Å². The van der Waals surface area contributed by atoms with Crippen LogP contribution in [0.25, 0.3) is 0 Å². The third-order valence-corrected chi connectivity index (χ3v) is 5.39. The van der Waals surface area contributed by atoms with Gasteiger partial charge in [0.1, 0.15) is 10.5 Å². The normalized spacial score (nSPS) is 11.1. The molecule has 6 heteroatoms. The van der Waals surface area contributed by atoms with Gasteiger partial charge in [-0.2, -0.15) is 0 Å². The van der Waals surface area contributed by atoms with E-state index >= 15 is 0 Å². The van der Waals surface area contributed by atoms with Gasteiger partial charge in [0.05, 0.1) is 0 Å². The van der Waals surface area contributed by atoms with Gasteiger partial charge in [-0.15, -0.1) is 0 Å². The van der Waals surface area contributed by atoms with Crippen LogP contribution < -0.4 is 0 Å². The third-order valence-electron chi connectivity index (χ3n) is 1.93. The van der Waals surface area contributed by atoms with Gasteiger partial charge >= 0.3 is 8.80 Å².